The third kappa shape index (κ3) is 5.58. The molecule has 0 heterocycles. The number of rotatable bonds is 7. The normalized spacial score (nSPS) is 10.0. The molecule has 0 radical (unpaired) electrons. The number of nitro benzene ring substituents is 2. The Morgan fingerprint density at radius 1 is 0.967 bits per heavy atom. The minimum absolute atomic E-state index is 0.0243. The molecule has 0 unspecified atom stereocenters. The lowest BCUT2D eigenvalue weighted by Gasteiger charge is -2.22. The van der Waals surface area contributed by atoms with Crippen molar-refractivity contribution in [3.05, 3.63) is 79.9 Å². The third-order valence-electron chi connectivity index (χ3n) is 3.70. The van der Waals surface area contributed by atoms with Crippen LogP contribution in [0.2, 0.25) is 0 Å². The molecule has 0 aromatic heterocycles. The molecule has 30 heavy (non-hydrogen) atoms. The van der Waals surface area contributed by atoms with Crippen LogP contribution in [0.4, 0.5) is 11.4 Å². The summed E-state index contributed by atoms with van der Waals surface area (Å²) < 4.78 is 4.78. The van der Waals surface area contributed by atoms with Crippen molar-refractivity contribution < 1.29 is 29.0 Å². The van der Waals surface area contributed by atoms with Gasteiger partial charge >= 0.3 is 5.97 Å². The molecule has 0 saturated heterocycles. The summed E-state index contributed by atoms with van der Waals surface area (Å²) in [7, 11) is 0. The number of hydrogen-bond donors (Lipinski definition) is 1. The van der Waals surface area contributed by atoms with Crippen LogP contribution in [0.5, 0.6) is 0 Å². The molecule has 0 bridgehead atoms. The monoisotopic (exact) mass is 416 g/mol. The van der Waals surface area contributed by atoms with Gasteiger partial charge in [0.05, 0.1) is 16.5 Å². The molecule has 1 N–H and O–H groups in total. The molecule has 0 fully saturated rings. The lowest BCUT2D eigenvalue weighted by Crippen LogP contribution is -2.49. The first-order valence-electron chi connectivity index (χ1n) is 8.50. The fraction of sp³-hybridized carbons (Fsp3) is 0.167. The molecule has 0 saturated carbocycles. The number of benzene rings is 2. The Labute approximate surface area is 169 Å². The van der Waals surface area contributed by atoms with E-state index in [4.69, 9.17) is 4.74 Å². The number of hydrogen-bond acceptors (Lipinski definition) is 8. The topological polar surface area (TPSA) is 162 Å². The molecule has 0 atom stereocenters. The van der Waals surface area contributed by atoms with Crippen molar-refractivity contribution in [1.29, 1.82) is 0 Å². The lowest BCUT2D eigenvalue weighted by atomic mass is 10.2. The van der Waals surface area contributed by atoms with E-state index < -0.39 is 34.2 Å². The highest BCUT2D eigenvalue weighted by Crippen LogP contribution is 2.16. The maximum Gasteiger partial charge on any atom is 0.327 e. The van der Waals surface area contributed by atoms with Gasteiger partial charge in [0.15, 0.2) is 0 Å². The predicted molar refractivity (Wildman–Crippen MR) is 101 cm³/mol. The summed E-state index contributed by atoms with van der Waals surface area (Å²) in [6, 6.07) is 9.45. The predicted octanol–water partition coefficient (Wildman–Crippen LogP) is 1.85. The van der Waals surface area contributed by atoms with Crippen LogP contribution in [0.3, 0.4) is 0 Å². The van der Waals surface area contributed by atoms with Gasteiger partial charge in [0.25, 0.3) is 23.2 Å². The average Bonchev–Trinajstić information content (AvgIpc) is 2.73. The zero-order chi connectivity index (χ0) is 22.3. The number of carbonyl (C=O) groups excluding carboxylic acids is 3. The van der Waals surface area contributed by atoms with Crippen LogP contribution in [0.1, 0.15) is 27.6 Å². The van der Waals surface area contributed by atoms with E-state index in [-0.39, 0.29) is 29.1 Å². The lowest BCUT2D eigenvalue weighted by molar-refractivity contribution is -0.385. The van der Waals surface area contributed by atoms with E-state index >= 15 is 0 Å². The van der Waals surface area contributed by atoms with Crippen molar-refractivity contribution >= 4 is 29.2 Å². The highest BCUT2D eigenvalue weighted by atomic mass is 16.6. The van der Waals surface area contributed by atoms with Crippen LogP contribution < -0.4 is 5.43 Å². The number of ether oxygens (including phenoxy) is 1. The first-order chi connectivity index (χ1) is 14.2. The Balaban J connectivity index is 2.31. The molecule has 0 aliphatic heterocycles. The maximum atomic E-state index is 12.8. The first-order valence-corrected chi connectivity index (χ1v) is 8.50. The summed E-state index contributed by atoms with van der Waals surface area (Å²) in [5.41, 5.74) is 1.19. The highest BCUT2D eigenvalue weighted by Gasteiger charge is 2.24. The second-order valence-electron chi connectivity index (χ2n) is 5.75. The Morgan fingerprint density at radius 3 is 2.03 bits per heavy atom. The molecular weight excluding hydrogens is 400 g/mol. The van der Waals surface area contributed by atoms with Crippen molar-refractivity contribution in [2.24, 2.45) is 0 Å². The SMILES string of the molecule is CCOC(=O)CN(NC(=O)c1cccc([N+](=O)[O-])c1)C(=O)c1cccc([N+](=O)[O-])c1. The van der Waals surface area contributed by atoms with Crippen molar-refractivity contribution in [3.63, 3.8) is 0 Å². The van der Waals surface area contributed by atoms with Gasteiger partial charge in [-0.3, -0.25) is 40.0 Å². The fourth-order valence-electron chi connectivity index (χ4n) is 2.35. The van der Waals surface area contributed by atoms with Gasteiger partial charge in [0.1, 0.15) is 6.54 Å². The highest BCUT2D eigenvalue weighted by molar-refractivity contribution is 6.00. The Bertz CT molecular complexity index is 1010. The second-order valence-corrected chi connectivity index (χ2v) is 5.75. The molecule has 2 amide bonds. The van der Waals surface area contributed by atoms with Crippen LogP contribution in [0.15, 0.2) is 48.5 Å². The Kier molecular flexibility index (Phi) is 7.11. The summed E-state index contributed by atoms with van der Waals surface area (Å²) in [4.78, 5) is 57.6. The van der Waals surface area contributed by atoms with Crippen LogP contribution in [0.25, 0.3) is 0 Å². The smallest absolute Gasteiger partial charge is 0.327 e. The van der Waals surface area contributed by atoms with E-state index in [0.717, 1.165) is 12.1 Å². The van der Waals surface area contributed by atoms with E-state index in [9.17, 15) is 34.6 Å². The van der Waals surface area contributed by atoms with E-state index in [1.807, 2.05) is 0 Å². The average molecular weight is 416 g/mol. The van der Waals surface area contributed by atoms with Gasteiger partial charge in [0, 0.05) is 35.4 Å². The van der Waals surface area contributed by atoms with Gasteiger partial charge in [-0.1, -0.05) is 12.1 Å². The molecule has 0 aliphatic carbocycles. The number of carbonyl (C=O) groups is 3. The molecule has 12 nitrogen and oxygen atoms in total. The number of amides is 2. The number of hydrazine groups is 1. The van der Waals surface area contributed by atoms with Crippen molar-refractivity contribution in [1.82, 2.24) is 10.4 Å². The Morgan fingerprint density at radius 2 is 1.50 bits per heavy atom. The van der Waals surface area contributed by atoms with Gasteiger partial charge in [-0.25, -0.2) is 5.01 Å². The summed E-state index contributed by atoms with van der Waals surface area (Å²) >= 11 is 0. The summed E-state index contributed by atoms with van der Waals surface area (Å²) in [5.74, 6) is -2.65. The summed E-state index contributed by atoms with van der Waals surface area (Å²) in [5, 5.41) is 22.5. The quantitative estimate of drug-likeness (QED) is 0.406. The van der Waals surface area contributed by atoms with Crippen LogP contribution in [0, 0.1) is 20.2 Å². The molecule has 2 aromatic carbocycles. The maximum absolute atomic E-state index is 12.8. The largest absolute Gasteiger partial charge is 0.465 e. The number of nitro groups is 2. The molecular formula is C18H16N4O8. The second kappa shape index (κ2) is 9.73. The Hall–Kier alpha value is -4.35. The van der Waals surface area contributed by atoms with Gasteiger partial charge < -0.3 is 4.74 Å². The fourth-order valence-corrected chi connectivity index (χ4v) is 2.35. The number of non-ortho nitro benzene ring substituents is 2. The first kappa shape index (κ1) is 21.9. The molecule has 0 spiro atoms. The van der Waals surface area contributed by atoms with Gasteiger partial charge in [-0.15, -0.1) is 0 Å². The molecule has 0 aliphatic rings. The van der Waals surface area contributed by atoms with E-state index in [1.54, 1.807) is 6.92 Å². The number of esters is 1. The molecule has 2 rings (SSSR count). The van der Waals surface area contributed by atoms with Crippen molar-refractivity contribution in [2.75, 3.05) is 13.2 Å². The summed E-state index contributed by atoms with van der Waals surface area (Å²) in [6.45, 7) is 0.888. The summed E-state index contributed by atoms with van der Waals surface area (Å²) in [6.07, 6.45) is 0. The standard InChI is InChI=1S/C18H16N4O8/c1-2-30-16(23)11-20(18(25)13-6-4-8-15(10-13)22(28)29)19-17(24)12-5-3-7-14(9-12)21(26)27/h3-10H,2,11H2,1H3,(H,19,24). The van der Waals surface area contributed by atoms with Crippen molar-refractivity contribution in [2.45, 2.75) is 6.92 Å². The van der Waals surface area contributed by atoms with Crippen LogP contribution in [-0.2, 0) is 9.53 Å². The van der Waals surface area contributed by atoms with Crippen molar-refractivity contribution in [3.8, 4) is 0 Å². The minimum atomic E-state index is -0.912. The van der Waals surface area contributed by atoms with Gasteiger partial charge in [-0.05, 0) is 19.1 Å². The molecule has 156 valence electrons. The number of nitrogens with one attached hydrogen (secondary N) is 1. The molecule has 2 aromatic rings. The van der Waals surface area contributed by atoms with Crippen LogP contribution >= 0.6 is 0 Å². The van der Waals surface area contributed by atoms with Gasteiger partial charge in [-0.2, -0.15) is 0 Å². The van der Waals surface area contributed by atoms with Gasteiger partial charge in [0.2, 0.25) is 0 Å². The number of nitrogens with zero attached hydrogens (tertiary/aromatic N) is 3. The minimum Gasteiger partial charge on any atom is -0.465 e. The zero-order valence-corrected chi connectivity index (χ0v) is 15.6. The van der Waals surface area contributed by atoms with E-state index in [2.05, 4.69) is 5.43 Å². The third-order valence-corrected chi connectivity index (χ3v) is 3.70. The zero-order valence-electron chi connectivity index (χ0n) is 15.6. The van der Waals surface area contributed by atoms with E-state index in [1.165, 1.54) is 36.4 Å². The molecule has 12 heteroatoms. The van der Waals surface area contributed by atoms with E-state index in [0.29, 0.717) is 5.01 Å². The van der Waals surface area contributed by atoms with Crippen LogP contribution in [-0.4, -0.2) is 45.8 Å².